The minimum Gasteiger partial charge on any atom is -0.494 e. The number of likely N-dealkylation sites (tertiary alicyclic amines) is 1. The number of halogens is 1. The normalized spacial score (nSPS) is 27.9. The summed E-state index contributed by atoms with van der Waals surface area (Å²) in [6.07, 6.45) is 3.66. The van der Waals surface area contributed by atoms with Crippen LogP contribution < -0.4 is 14.5 Å². The lowest BCUT2D eigenvalue weighted by Crippen LogP contribution is -2.60. The number of anilines is 2. The maximum atomic E-state index is 15.1. The molecular formula is C38H48ClN3O6. The number of carbonyl (C=O) groups excluding carboxylic acids is 3. The van der Waals surface area contributed by atoms with E-state index in [4.69, 9.17) is 21.1 Å². The van der Waals surface area contributed by atoms with E-state index in [1.165, 1.54) is 4.90 Å². The number of fused-ring (bicyclic) bond motifs is 1. The summed E-state index contributed by atoms with van der Waals surface area (Å²) in [5.74, 6) is -2.58. The highest BCUT2D eigenvalue weighted by molar-refractivity contribution is 6.34. The first-order chi connectivity index (χ1) is 22.8. The Morgan fingerprint density at radius 2 is 1.77 bits per heavy atom. The number of nitrogens with zero attached hydrogens (tertiary/aromatic N) is 3. The fourth-order valence-electron chi connectivity index (χ4n) is 8.35. The highest BCUT2D eigenvalue weighted by Gasteiger charge is 2.80. The molecule has 7 atom stereocenters. The maximum absolute atomic E-state index is 15.1. The van der Waals surface area contributed by atoms with Gasteiger partial charge in [0.05, 0.1) is 47.4 Å². The molecule has 9 nitrogen and oxygen atoms in total. The van der Waals surface area contributed by atoms with Crippen molar-refractivity contribution in [1.82, 2.24) is 4.90 Å². The first kappa shape index (κ1) is 35.6. The summed E-state index contributed by atoms with van der Waals surface area (Å²) in [5.41, 5.74) is -0.423. The van der Waals surface area contributed by atoms with Crippen molar-refractivity contribution in [3.05, 3.63) is 78.4 Å². The third-order valence-corrected chi connectivity index (χ3v) is 10.9. The molecule has 258 valence electrons. The molecule has 0 aromatic heterocycles. The quantitative estimate of drug-likeness (QED) is 0.269. The van der Waals surface area contributed by atoms with E-state index in [9.17, 15) is 14.7 Å². The predicted molar refractivity (Wildman–Crippen MR) is 188 cm³/mol. The minimum absolute atomic E-state index is 0.133. The van der Waals surface area contributed by atoms with Gasteiger partial charge in [-0.2, -0.15) is 0 Å². The molecule has 3 fully saturated rings. The molecule has 0 radical (unpaired) electrons. The summed E-state index contributed by atoms with van der Waals surface area (Å²) in [4.78, 5) is 49.7. The average molecular weight is 678 g/mol. The van der Waals surface area contributed by atoms with Crippen LogP contribution in [-0.2, 0) is 19.1 Å². The van der Waals surface area contributed by atoms with Crippen LogP contribution >= 0.6 is 11.6 Å². The van der Waals surface area contributed by atoms with Crippen molar-refractivity contribution in [3.63, 3.8) is 0 Å². The van der Waals surface area contributed by atoms with E-state index in [1.807, 2.05) is 77.9 Å². The third kappa shape index (κ3) is 5.53. The zero-order valence-electron chi connectivity index (χ0n) is 28.8. The molecule has 48 heavy (non-hydrogen) atoms. The number of para-hydroxylation sites is 1. The Hall–Kier alpha value is -3.66. The molecule has 3 aliphatic rings. The van der Waals surface area contributed by atoms with Crippen LogP contribution in [0.3, 0.4) is 0 Å². The highest BCUT2D eigenvalue weighted by atomic mass is 35.5. The van der Waals surface area contributed by atoms with Gasteiger partial charge in [0.25, 0.3) is 5.91 Å². The van der Waals surface area contributed by atoms with E-state index in [1.54, 1.807) is 28.0 Å². The molecule has 3 unspecified atom stereocenters. The molecule has 2 bridgehead atoms. The average Bonchev–Trinajstić information content (AvgIpc) is 3.56. The highest BCUT2D eigenvalue weighted by Crippen LogP contribution is 2.66. The summed E-state index contributed by atoms with van der Waals surface area (Å²) in [6.45, 7) is 19.8. The number of amides is 3. The molecule has 0 aliphatic carbocycles. The van der Waals surface area contributed by atoms with Gasteiger partial charge in [0.2, 0.25) is 11.8 Å². The van der Waals surface area contributed by atoms with Crippen LogP contribution in [-0.4, -0.2) is 77.3 Å². The number of hydrogen-bond donors (Lipinski definition) is 1. The Morgan fingerprint density at radius 1 is 1.12 bits per heavy atom. The van der Waals surface area contributed by atoms with Crippen molar-refractivity contribution in [2.24, 2.45) is 23.7 Å². The number of rotatable bonds is 13. The fraction of sp³-hybridized carbons (Fsp3) is 0.500. The molecule has 3 heterocycles. The van der Waals surface area contributed by atoms with Gasteiger partial charge in [0.1, 0.15) is 17.4 Å². The first-order valence-corrected chi connectivity index (χ1v) is 17.2. The number of aliphatic hydroxyl groups is 1. The van der Waals surface area contributed by atoms with Gasteiger partial charge in [-0.15, -0.1) is 13.2 Å². The number of aryl methyl sites for hydroxylation is 1. The Labute approximate surface area is 289 Å². The van der Waals surface area contributed by atoms with Gasteiger partial charge in [-0.05, 0) is 74.9 Å². The van der Waals surface area contributed by atoms with Crippen LogP contribution in [0.25, 0.3) is 0 Å². The van der Waals surface area contributed by atoms with Crippen LogP contribution in [0.4, 0.5) is 11.4 Å². The maximum Gasteiger partial charge on any atom is 0.253 e. The van der Waals surface area contributed by atoms with Crippen LogP contribution in [0.1, 0.15) is 46.6 Å². The second-order valence-corrected chi connectivity index (χ2v) is 14.2. The lowest BCUT2D eigenvalue weighted by atomic mass is 9.62. The second kappa shape index (κ2) is 13.7. The first-order valence-electron chi connectivity index (χ1n) is 16.8. The smallest absolute Gasteiger partial charge is 0.253 e. The summed E-state index contributed by atoms with van der Waals surface area (Å²) >= 11 is 6.72. The van der Waals surface area contributed by atoms with Crippen LogP contribution in [0, 0.1) is 30.6 Å². The Morgan fingerprint density at radius 3 is 2.33 bits per heavy atom. The largest absolute Gasteiger partial charge is 0.494 e. The Kier molecular flexibility index (Phi) is 10.2. The summed E-state index contributed by atoms with van der Waals surface area (Å²) in [5, 5.41) is 11.1. The van der Waals surface area contributed by atoms with Gasteiger partial charge < -0.3 is 29.3 Å². The number of carbonyl (C=O) groups is 3. The van der Waals surface area contributed by atoms with Crippen molar-refractivity contribution >= 4 is 40.7 Å². The standard InChI is InChI=1S/C38H48ClN3O6/c1-9-19-40(26-15-17-27(18-16-26)47-11-3)34(44)30-31-35(45)42(29(22-43)23(4)5)33(38(31)21-25(7)37(30,8)48-38)36(46)41(20-10-2)32-24(6)13-12-14-28(32)39/h9-10,12-18,23,25,29-31,33,43H,1-2,11,19-22H2,3-8H3/t25?,29-,30-,31-,33?,37+,38?/m0/s1. The van der Waals surface area contributed by atoms with Gasteiger partial charge in [-0.1, -0.05) is 56.7 Å². The molecule has 1 spiro atoms. The molecule has 5 rings (SSSR count). The zero-order chi connectivity index (χ0) is 35.1. The van der Waals surface area contributed by atoms with Gasteiger partial charge in [0.15, 0.2) is 0 Å². The van der Waals surface area contributed by atoms with Gasteiger partial charge in [0, 0.05) is 18.8 Å². The topological polar surface area (TPSA) is 99.6 Å². The van der Waals surface area contributed by atoms with Crippen molar-refractivity contribution in [2.75, 3.05) is 36.1 Å². The van der Waals surface area contributed by atoms with Gasteiger partial charge >= 0.3 is 0 Å². The zero-order valence-corrected chi connectivity index (χ0v) is 29.6. The third-order valence-electron chi connectivity index (χ3n) is 10.6. The molecule has 2 aromatic carbocycles. The molecule has 3 aliphatic heterocycles. The number of hydrogen-bond acceptors (Lipinski definition) is 6. The van der Waals surface area contributed by atoms with Crippen LogP contribution in [0.2, 0.25) is 5.02 Å². The van der Waals surface area contributed by atoms with E-state index < -0.39 is 35.1 Å². The molecule has 0 saturated carbocycles. The monoisotopic (exact) mass is 677 g/mol. The summed E-state index contributed by atoms with van der Waals surface area (Å²) in [7, 11) is 0. The number of ether oxygens (including phenoxy) is 2. The predicted octanol–water partition coefficient (Wildman–Crippen LogP) is 5.81. The Bertz CT molecular complexity index is 1560. The fourth-order valence-corrected chi connectivity index (χ4v) is 8.67. The van der Waals surface area contributed by atoms with E-state index in [-0.39, 0.29) is 49.3 Å². The SMILES string of the molecule is C=CCN(C(=O)[C@@H]1[C@H]2C(=O)N([C@@H](CO)C(C)C)C(C(=O)N(CC=C)c3c(C)cccc3Cl)C23CC(C)[C@@]1(C)O3)c1ccc(OCC)cc1. The molecule has 3 amide bonds. The lowest BCUT2D eigenvalue weighted by molar-refractivity contribution is -0.150. The lowest BCUT2D eigenvalue weighted by Gasteiger charge is -2.41. The Balaban J connectivity index is 1.67. The van der Waals surface area contributed by atoms with Gasteiger partial charge in [-0.3, -0.25) is 14.4 Å². The number of benzene rings is 2. The van der Waals surface area contributed by atoms with Crippen molar-refractivity contribution in [1.29, 1.82) is 0 Å². The van der Waals surface area contributed by atoms with Crippen molar-refractivity contribution in [3.8, 4) is 5.75 Å². The van der Waals surface area contributed by atoms with E-state index >= 15 is 4.79 Å². The molecule has 1 N–H and O–H groups in total. The molecular weight excluding hydrogens is 630 g/mol. The van der Waals surface area contributed by atoms with E-state index in [0.29, 0.717) is 35.2 Å². The van der Waals surface area contributed by atoms with E-state index in [2.05, 4.69) is 13.2 Å². The molecule has 3 saturated heterocycles. The summed E-state index contributed by atoms with van der Waals surface area (Å²) in [6, 6.07) is 10.8. The molecule has 10 heteroatoms. The van der Waals surface area contributed by atoms with Crippen molar-refractivity contribution < 1.29 is 29.0 Å². The second-order valence-electron chi connectivity index (χ2n) is 13.8. The number of aliphatic hydroxyl groups excluding tert-OH is 1. The minimum atomic E-state index is -1.32. The van der Waals surface area contributed by atoms with Crippen LogP contribution in [0.15, 0.2) is 67.8 Å². The van der Waals surface area contributed by atoms with Crippen molar-refractivity contribution in [2.45, 2.75) is 71.2 Å². The van der Waals surface area contributed by atoms with Gasteiger partial charge in [-0.25, -0.2) is 0 Å². The van der Waals surface area contributed by atoms with Crippen LogP contribution in [0.5, 0.6) is 5.75 Å². The summed E-state index contributed by atoms with van der Waals surface area (Å²) < 4.78 is 12.6. The molecule has 2 aromatic rings. The van der Waals surface area contributed by atoms with E-state index in [0.717, 1.165) is 5.56 Å².